The van der Waals surface area contributed by atoms with Crippen molar-refractivity contribution in [3.63, 3.8) is 0 Å². The average Bonchev–Trinajstić information content (AvgIpc) is 2.43. The van der Waals surface area contributed by atoms with Gasteiger partial charge < -0.3 is 15.0 Å². The first-order chi connectivity index (χ1) is 9.77. The third-order valence-corrected chi connectivity index (χ3v) is 3.95. The summed E-state index contributed by atoms with van der Waals surface area (Å²) in [6, 6.07) is 5.35. The Morgan fingerprint density at radius 3 is 2.52 bits per heavy atom. The Labute approximate surface area is 128 Å². The molecule has 0 aliphatic rings. The van der Waals surface area contributed by atoms with E-state index in [2.05, 4.69) is 31.0 Å². The summed E-state index contributed by atoms with van der Waals surface area (Å²) in [7, 11) is 3.98. The second-order valence-electron chi connectivity index (χ2n) is 6.36. The fourth-order valence-corrected chi connectivity index (χ4v) is 1.77. The molecule has 120 valence electrons. The first kappa shape index (κ1) is 17.9. The van der Waals surface area contributed by atoms with Crippen molar-refractivity contribution >= 4 is 0 Å². The summed E-state index contributed by atoms with van der Waals surface area (Å²) in [5.74, 6) is 0.0172. The van der Waals surface area contributed by atoms with Gasteiger partial charge in [0.05, 0.1) is 0 Å². The first-order valence-electron chi connectivity index (χ1n) is 7.61. The van der Waals surface area contributed by atoms with Crippen LogP contribution in [0.25, 0.3) is 0 Å². The van der Waals surface area contributed by atoms with Gasteiger partial charge in [-0.25, -0.2) is 4.39 Å². The number of likely N-dealkylation sites (N-methyl/N-ethyl adjacent to an activating group) is 1. The molecule has 1 aromatic carbocycles. The average molecular weight is 296 g/mol. The molecule has 0 bridgehead atoms. The second-order valence-corrected chi connectivity index (χ2v) is 6.36. The zero-order valence-electron chi connectivity index (χ0n) is 14.2. The number of rotatable bonds is 8. The van der Waals surface area contributed by atoms with E-state index in [4.69, 9.17) is 4.74 Å². The topological polar surface area (TPSA) is 24.5 Å². The van der Waals surface area contributed by atoms with E-state index >= 15 is 0 Å². The largest absolute Gasteiger partial charge is 0.489 e. The second kappa shape index (κ2) is 7.76. The molecule has 1 atom stereocenters. The van der Waals surface area contributed by atoms with Gasteiger partial charge in [-0.2, -0.15) is 0 Å². The van der Waals surface area contributed by atoms with Gasteiger partial charge in [-0.15, -0.1) is 0 Å². The molecule has 0 fully saturated rings. The van der Waals surface area contributed by atoms with Crippen LogP contribution < -0.4 is 10.1 Å². The minimum atomic E-state index is -0.299. The number of nitrogens with zero attached hydrogens (tertiary/aromatic N) is 1. The Kier molecular flexibility index (Phi) is 6.62. The zero-order chi connectivity index (χ0) is 16.0. The zero-order valence-corrected chi connectivity index (χ0v) is 14.2. The van der Waals surface area contributed by atoms with Crippen molar-refractivity contribution in [2.45, 2.75) is 45.7 Å². The van der Waals surface area contributed by atoms with Crippen molar-refractivity contribution in [2.75, 3.05) is 27.2 Å². The molecule has 1 aromatic rings. The van der Waals surface area contributed by atoms with Crippen LogP contribution >= 0.6 is 0 Å². The summed E-state index contributed by atoms with van der Waals surface area (Å²) in [6.45, 7) is 9.66. The fourth-order valence-electron chi connectivity index (χ4n) is 1.77. The number of halogens is 1. The van der Waals surface area contributed by atoms with Crippen molar-refractivity contribution in [2.24, 2.45) is 0 Å². The highest BCUT2D eigenvalue weighted by Gasteiger charge is 2.22. The maximum atomic E-state index is 14.1. The van der Waals surface area contributed by atoms with Crippen LogP contribution in [0.4, 0.5) is 4.39 Å². The summed E-state index contributed by atoms with van der Waals surface area (Å²) in [5, 5.41) is 3.35. The third kappa shape index (κ3) is 5.29. The summed E-state index contributed by atoms with van der Waals surface area (Å²) in [6.07, 6.45) is 1.06. The molecule has 1 N–H and O–H groups in total. The van der Waals surface area contributed by atoms with Crippen molar-refractivity contribution in [1.29, 1.82) is 0 Å². The number of benzene rings is 1. The molecule has 0 aromatic heterocycles. The quantitative estimate of drug-likeness (QED) is 0.793. The van der Waals surface area contributed by atoms with Crippen molar-refractivity contribution < 1.29 is 9.13 Å². The predicted octanol–water partition coefficient (Wildman–Crippen LogP) is 3.61. The van der Waals surface area contributed by atoms with Gasteiger partial charge in [0.15, 0.2) is 11.6 Å². The van der Waals surface area contributed by atoms with Gasteiger partial charge in [0, 0.05) is 11.6 Å². The number of nitrogens with one attached hydrogen (secondary N) is 1. The molecule has 21 heavy (non-hydrogen) atoms. The van der Waals surface area contributed by atoms with Gasteiger partial charge in [0.25, 0.3) is 0 Å². The maximum absolute atomic E-state index is 14.1. The lowest BCUT2D eigenvalue weighted by molar-refractivity contribution is 0.111. The van der Waals surface area contributed by atoms with E-state index < -0.39 is 0 Å². The molecule has 0 saturated carbocycles. The minimum Gasteiger partial charge on any atom is -0.489 e. The summed E-state index contributed by atoms with van der Waals surface area (Å²) in [5.41, 5.74) is 0.807. The molecule has 0 radical (unpaired) electrons. The number of hydrogen-bond donors (Lipinski definition) is 1. The normalized spacial score (nSPS) is 13.5. The van der Waals surface area contributed by atoms with E-state index in [9.17, 15) is 4.39 Å². The molecule has 3 nitrogen and oxygen atoms in total. The lowest BCUT2D eigenvalue weighted by Crippen LogP contribution is -2.43. The van der Waals surface area contributed by atoms with E-state index in [0.717, 1.165) is 18.5 Å². The predicted molar refractivity (Wildman–Crippen MR) is 86.4 cm³/mol. The molecular weight excluding hydrogens is 267 g/mol. The fraction of sp³-hybridized carbons (Fsp3) is 0.647. The lowest BCUT2D eigenvalue weighted by atomic mass is 10.1. The van der Waals surface area contributed by atoms with Gasteiger partial charge in [-0.1, -0.05) is 13.0 Å². The Balaban J connectivity index is 2.70. The van der Waals surface area contributed by atoms with Crippen molar-refractivity contribution in [3.05, 3.63) is 29.6 Å². The lowest BCUT2D eigenvalue weighted by Gasteiger charge is -2.32. The molecule has 0 amide bonds. The summed E-state index contributed by atoms with van der Waals surface area (Å²) in [4.78, 5) is 2.07. The standard InChI is InChI=1S/C17H29FN2O/c1-7-10-19-13(2)14-8-9-16(15(18)11-14)21-12-17(3,4)20(5)6/h8-9,11,13,19H,7,10,12H2,1-6H3. The molecule has 1 rings (SSSR count). The number of hydrogen-bond acceptors (Lipinski definition) is 3. The van der Waals surface area contributed by atoms with Crippen LogP contribution in [0.2, 0.25) is 0 Å². The first-order valence-corrected chi connectivity index (χ1v) is 7.61. The van der Waals surface area contributed by atoms with E-state index in [1.165, 1.54) is 0 Å². The highest BCUT2D eigenvalue weighted by molar-refractivity contribution is 5.31. The van der Waals surface area contributed by atoms with Gasteiger partial charge in [0.1, 0.15) is 6.61 Å². The van der Waals surface area contributed by atoms with E-state index in [0.29, 0.717) is 12.4 Å². The van der Waals surface area contributed by atoms with E-state index in [-0.39, 0.29) is 17.4 Å². The van der Waals surface area contributed by atoms with Gasteiger partial charge in [-0.3, -0.25) is 0 Å². The van der Waals surface area contributed by atoms with Gasteiger partial charge in [-0.05, 0) is 65.5 Å². The van der Waals surface area contributed by atoms with Gasteiger partial charge >= 0.3 is 0 Å². The molecule has 1 unspecified atom stereocenters. The van der Waals surface area contributed by atoms with Crippen LogP contribution in [0, 0.1) is 5.82 Å². The molecule has 0 saturated heterocycles. The Hall–Kier alpha value is -1.13. The van der Waals surface area contributed by atoms with E-state index in [1.54, 1.807) is 12.1 Å². The van der Waals surface area contributed by atoms with E-state index in [1.807, 2.05) is 27.1 Å². The molecule has 4 heteroatoms. The minimum absolute atomic E-state index is 0.138. The van der Waals surface area contributed by atoms with Crippen LogP contribution in [0.5, 0.6) is 5.75 Å². The van der Waals surface area contributed by atoms with Crippen LogP contribution in [0.1, 0.15) is 45.7 Å². The number of ether oxygens (including phenoxy) is 1. The van der Waals surface area contributed by atoms with Crippen LogP contribution in [0.3, 0.4) is 0 Å². The highest BCUT2D eigenvalue weighted by Crippen LogP contribution is 2.23. The van der Waals surface area contributed by atoms with Crippen LogP contribution in [-0.4, -0.2) is 37.7 Å². The van der Waals surface area contributed by atoms with Crippen LogP contribution in [0.15, 0.2) is 18.2 Å². The monoisotopic (exact) mass is 296 g/mol. The molecule has 0 aliphatic heterocycles. The van der Waals surface area contributed by atoms with Crippen LogP contribution in [-0.2, 0) is 0 Å². The van der Waals surface area contributed by atoms with Crippen molar-refractivity contribution in [3.8, 4) is 5.75 Å². The van der Waals surface area contributed by atoms with Gasteiger partial charge in [0.2, 0.25) is 0 Å². The Morgan fingerprint density at radius 2 is 2.00 bits per heavy atom. The third-order valence-electron chi connectivity index (χ3n) is 3.95. The Morgan fingerprint density at radius 1 is 1.33 bits per heavy atom. The molecular formula is C17H29FN2O. The molecule has 0 heterocycles. The highest BCUT2D eigenvalue weighted by atomic mass is 19.1. The van der Waals surface area contributed by atoms with Crippen molar-refractivity contribution in [1.82, 2.24) is 10.2 Å². The molecule has 0 spiro atoms. The molecule has 0 aliphatic carbocycles. The summed E-state index contributed by atoms with van der Waals surface area (Å²) >= 11 is 0. The Bertz CT molecular complexity index is 446. The maximum Gasteiger partial charge on any atom is 0.165 e. The summed E-state index contributed by atoms with van der Waals surface area (Å²) < 4.78 is 19.8. The SMILES string of the molecule is CCCNC(C)c1ccc(OCC(C)(C)N(C)C)c(F)c1. The smallest absolute Gasteiger partial charge is 0.165 e.